The highest BCUT2D eigenvalue weighted by molar-refractivity contribution is 5.42. The molecule has 6 heteroatoms. The maximum absolute atomic E-state index is 10.8. The number of benzene rings is 2. The Morgan fingerprint density at radius 3 is 2.56 bits per heavy atom. The van der Waals surface area contributed by atoms with Crippen LogP contribution in [-0.2, 0) is 6.54 Å². The van der Waals surface area contributed by atoms with Gasteiger partial charge in [-0.3, -0.25) is 10.1 Å². The zero-order valence-electron chi connectivity index (χ0n) is 14.5. The van der Waals surface area contributed by atoms with Gasteiger partial charge in [-0.05, 0) is 24.3 Å². The molecule has 6 nitrogen and oxygen atoms in total. The molecular formula is C19H23N2O4+. The number of nitro benzene ring substituents is 1. The Morgan fingerprint density at radius 1 is 1.16 bits per heavy atom. The second kappa shape index (κ2) is 7.53. The van der Waals surface area contributed by atoms with Gasteiger partial charge in [0.05, 0.1) is 31.3 Å². The average Bonchev–Trinajstić information content (AvgIpc) is 3.09. The standard InChI is InChI=1S/C19H22N2O4/c1-24-16-9-10-17(19(12-16)25-2)18-4-3-11-20(18)13-14-5-7-15(8-6-14)21(22)23/h5-10,12,18H,3-4,11,13H2,1-2H3/p+1/t18-/m1/s1. The van der Waals surface area contributed by atoms with Crippen LogP contribution in [-0.4, -0.2) is 25.7 Å². The van der Waals surface area contributed by atoms with Gasteiger partial charge >= 0.3 is 0 Å². The lowest BCUT2D eigenvalue weighted by Gasteiger charge is -2.23. The second-order valence-electron chi connectivity index (χ2n) is 6.31. The molecule has 0 bridgehead atoms. The minimum absolute atomic E-state index is 0.133. The summed E-state index contributed by atoms with van der Waals surface area (Å²) >= 11 is 0. The third-order valence-corrected chi connectivity index (χ3v) is 4.88. The number of nitro groups is 1. The molecule has 0 saturated carbocycles. The summed E-state index contributed by atoms with van der Waals surface area (Å²) in [4.78, 5) is 11.9. The monoisotopic (exact) mass is 343 g/mol. The van der Waals surface area contributed by atoms with Crippen LogP contribution in [0.5, 0.6) is 11.5 Å². The molecule has 2 aromatic carbocycles. The van der Waals surface area contributed by atoms with Crippen LogP contribution in [0.4, 0.5) is 5.69 Å². The topological polar surface area (TPSA) is 66.0 Å². The molecule has 0 aromatic heterocycles. The highest BCUT2D eigenvalue weighted by Gasteiger charge is 2.32. The molecule has 0 aliphatic carbocycles. The fourth-order valence-electron chi connectivity index (χ4n) is 3.60. The van der Waals surface area contributed by atoms with Gasteiger partial charge in [0, 0.05) is 36.6 Å². The number of methoxy groups -OCH3 is 2. The zero-order chi connectivity index (χ0) is 17.8. The highest BCUT2D eigenvalue weighted by Crippen LogP contribution is 2.31. The van der Waals surface area contributed by atoms with E-state index in [4.69, 9.17) is 9.47 Å². The first kappa shape index (κ1) is 17.2. The minimum Gasteiger partial charge on any atom is -0.497 e. The maximum Gasteiger partial charge on any atom is 0.269 e. The number of hydrogen-bond donors (Lipinski definition) is 1. The summed E-state index contributed by atoms with van der Waals surface area (Å²) in [5.41, 5.74) is 2.44. The van der Waals surface area contributed by atoms with E-state index in [2.05, 4.69) is 6.07 Å². The van der Waals surface area contributed by atoms with E-state index in [0.29, 0.717) is 6.04 Å². The van der Waals surface area contributed by atoms with E-state index in [1.807, 2.05) is 24.3 Å². The third kappa shape index (κ3) is 3.74. The molecule has 0 amide bonds. The molecule has 1 saturated heterocycles. The quantitative estimate of drug-likeness (QED) is 0.647. The van der Waals surface area contributed by atoms with Crippen molar-refractivity contribution < 1.29 is 19.3 Å². The highest BCUT2D eigenvalue weighted by atomic mass is 16.6. The van der Waals surface area contributed by atoms with E-state index in [-0.39, 0.29) is 10.6 Å². The minimum atomic E-state index is -0.364. The summed E-state index contributed by atoms with van der Waals surface area (Å²) in [5, 5.41) is 10.8. The molecule has 1 heterocycles. The Morgan fingerprint density at radius 2 is 1.92 bits per heavy atom. The third-order valence-electron chi connectivity index (χ3n) is 4.88. The number of ether oxygens (including phenoxy) is 2. The van der Waals surface area contributed by atoms with Crippen LogP contribution in [0.15, 0.2) is 42.5 Å². The van der Waals surface area contributed by atoms with Gasteiger partial charge in [-0.25, -0.2) is 0 Å². The molecule has 1 aliphatic rings. The first-order valence-electron chi connectivity index (χ1n) is 8.42. The van der Waals surface area contributed by atoms with Crippen molar-refractivity contribution in [2.45, 2.75) is 25.4 Å². The predicted molar refractivity (Wildman–Crippen MR) is 94.2 cm³/mol. The van der Waals surface area contributed by atoms with Crippen molar-refractivity contribution in [3.63, 3.8) is 0 Å². The van der Waals surface area contributed by atoms with Crippen LogP contribution in [0, 0.1) is 10.1 Å². The summed E-state index contributed by atoms with van der Waals surface area (Å²) in [6.45, 7) is 1.93. The molecule has 0 radical (unpaired) electrons. The Balaban J connectivity index is 1.79. The van der Waals surface area contributed by atoms with Crippen molar-refractivity contribution >= 4 is 5.69 Å². The number of nitrogens with one attached hydrogen (secondary N) is 1. The van der Waals surface area contributed by atoms with Crippen molar-refractivity contribution in [3.8, 4) is 11.5 Å². The molecule has 0 spiro atoms. The lowest BCUT2D eigenvalue weighted by atomic mass is 10.0. The first-order valence-corrected chi connectivity index (χ1v) is 8.42. The Hall–Kier alpha value is -2.60. The lowest BCUT2D eigenvalue weighted by Crippen LogP contribution is -3.08. The zero-order valence-corrected chi connectivity index (χ0v) is 14.5. The van der Waals surface area contributed by atoms with Crippen molar-refractivity contribution in [1.82, 2.24) is 0 Å². The van der Waals surface area contributed by atoms with Gasteiger partial charge in [0.1, 0.15) is 24.1 Å². The molecular weight excluding hydrogens is 320 g/mol. The molecule has 1 aliphatic heterocycles. The SMILES string of the molecule is COc1ccc([C@H]2CCC[NH+]2Cc2ccc([N+](=O)[O-])cc2)c(OC)c1. The Bertz CT molecular complexity index is 746. The van der Waals surface area contributed by atoms with Crippen LogP contribution in [0.3, 0.4) is 0 Å². The van der Waals surface area contributed by atoms with E-state index in [0.717, 1.165) is 43.0 Å². The van der Waals surface area contributed by atoms with Crippen LogP contribution in [0.25, 0.3) is 0 Å². The summed E-state index contributed by atoms with van der Waals surface area (Å²) in [5.74, 6) is 1.64. The second-order valence-corrected chi connectivity index (χ2v) is 6.31. The van der Waals surface area contributed by atoms with Crippen LogP contribution < -0.4 is 14.4 Å². The fraction of sp³-hybridized carbons (Fsp3) is 0.368. The van der Waals surface area contributed by atoms with Gasteiger partial charge in [0.2, 0.25) is 0 Å². The van der Waals surface area contributed by atoms with Gasteiger partial charge in [-0.1, -0.05) is 0 Å². The summed E-state index contributed by atoms with van der Waals surface area (Å²) < 4.78 is 10.9. The molecule has 132 valence electrons. The summed E-state index contributed by atoms with van der Waals surface area (Å²) in [6.07, 6.45) is 2.26. The maximum atomic E-state index is 10.8. The van der Waals surface area contributed by atoms with Crippen molar-refractivity contribution in [2.75, 3.05) is 20.8 Å². The molecule has 1 unspecified atom stereocenters. The van der Waals surface area contributed by atoms with E-state index < -0.39 is 0 Å². The van der Waals surface area contributed by atoms with Crippen LogP contribution in [0.1, 0.15) is 30.0 Å². The number of nitrogens with zero attached hydrogens (tertiary/aromatic N) is 1. The largest absolute Gasteiger partial charge is 0.497 e. The molecule has 3 rings (SSSR count). The summed E-state index contributed by atoms with van der Waals surface area (Å²) in [7, 11) is 3.33. The van der Waals surface area contributed by atoms with Crippen molar-refractivity contribution in [1.29, 1.82) is 0 Å². The fourth-order valence-corrected chi connectivity index (χ4v) is 3.60. The summed E-state index contributed by atoms with van der Waals surface area (Å²) in [6, 6.07) is 13.2. The molecule has 25 heavy (non-hydrogen) atoms. The number of quaternary nitrogens is 1. The normalized spacial score (nSPS) is 19.6. The number of non-ortho nitro benzene ring substituents is 1. The van der Waals surface area contributed by atoms with Crippen molar-refractivity contribution in [3.05, 3.63) is 63.7 Å². The Kier molecular flexibility index (Phi) is 5.19. The number of likely N-dealkylation sites (tertiary alicyclic amines) is 1. The smallest absolute Gasteiger partial charge is 0.269 e. The Labute approximate surface area is 147 Å². The predicted octanol–water partition coefficient (Wildman–Crippen LogP) is 2.53. The van der Waals surface area contributed by atoms with E-state index in [1.165, 1.54) is 10.5 Å². The average molecular weight is 343 g/mol. The van der Waals surface area contributed by atoms with E-state index >= 15 is 0 Å². The van der Waals surface area contributed by atoms with Crippen LogP contribution >= 0.6 is 0 Å². The first-order chi connectivity index (χ1) is 12.1. The molecule has 1 fully saturated rings. The molecule has 1 N–H and O–H groups in total. The van der Waals surface area contributed by atoms with Crippen LogP contribution in [0.2, 0.25) is 0 Å². The van der Waals surface area contributed by atoms with Gasteiger partial charge in [0.25, 0.3) is 5.69 Å². The van der Waals surface area contributed by atoms with Gasteiger partial charge in [0.15, 0.2) is 0 Å². The van der Waals surface area contributed by atoms with E-state index in [9.17, 15) is 10.1 Å². The van der Waals surface area contributed by atoms with Gasteiger partial charge in [-0.2, -0.15) is 0 Å². The van der Waals surface area contributed by atoms with E-state index in [1.54, 1.807) is 26.4 Å². The van der Waals surface area contributed by atoms with Gasteiger partial charge in [-0.15, -0.1) is 0 Å². The molecule has 2 atom stereocenters. The lowest BCUT2D eigenvalue weighted by molar-refractivity contribution is -0.932. The molecule has 2 aromatic rings. The number of rotatable bonds is 6. The van der Waals surface area contributed by atoms with Crippen molar-refractivity contribution in [2.24, 2.45) is 0 Å². The van der Waals surface area contributed by atoms with Gasteiger partial charge < -0.3 is 14.4 Å². The number of hydrogen-bond acceptors (Lipinski definition) is 4.